The predicted molar refractivity (Wildman–Crippen MR) is 245 cm³/mol. The van der Waals surface area contributed by atoms with E-state index in [4.69, 9.17) is 0 Å². The molecular weight excluding hydrogens is 705 g/mol. The van der Waals surface area contributed by atoms with Crippen LogP contribution >= 0.6 is 0 Å². The molecule has 3 aromatic heterocycles. The van der Waals surface area contributed by atoms with Crippen LogP contribution in [0.5, 0.6) is 0 Å². The molecule has 4 heteroatoms. The maximum atomic E-state index is 3.65. The number of hydrogen-bond acceptors (Lipinski definition) is 1. The van der Waals surface area contributed by atoms with Gasteiger partial charge in [-0.3, -0.25) is 0 Å². The van der Waals surface area contributed by atoms with Crippen molar-refractivity contribution in [2.24, 2.45) is 0 Å². The summed E-state index contributed by atoms with van der Waals surface area (Å²) in [5.74, 6) is 0. The second-order valence-electron chi connectivity index (χ2n) is 15.1. The van der Waals surface area contributed by atoms with E-state index >= 15 is 0 Å². The fourth-order valence-corrected chi connectivity index (χ4v) is 9.18. The number of fused-ring (bicyclic) bond motifs is 9. The number of aromatic amines is 1. The van der Waals surface area contributed by atoms with Crippen molar-refractivity contribution in [2.45, 2.75) is 0 Å². The Kier molecular flexibility index (Phi) is 7.20. The SMILES string of the molecule is c1ccc(N(c2ccc(-c3ccc4c(c3)c3ccccc3n4-c3ccccc3)cc2)c2ccc(-n3c4ccccc4c4cc5[nH]c6ccccc6c5cc43)cc2)cc1. The number of hydrogen-bond donors (Lipinski definition) is 1. The van der Waals surface area contributed by atoms with Crippen LogP contribution in [0.2, 0.25) is 0 Å². The molecule has 0 amide bonds. The molecule has 0 fully saturated rings. The third-order valence-electron chi connectivity index (χ3n) is 11.8. The zero-order valence-corrected chi connectivity index (χ0v) is 31.5. The standard InChI is InChI=1S/C54H36N4/c1-3-13-38(14-4-1)56(40-26-23-36(24-27-40)37-25-32-53-47(33-37)44-18-8-11-21-51(44)57(53)39-15-5-2-6-16-39)41-28-30-42(31-29-41)58-52-22-12-9-19-45(52)48-34-50-46(35-54(48)58)43-17-7-10-20-49(43)55-50/h1-35,55H. The molecule has 0 saturated carbocycles. The molecule has 0 radical (unpaired) electrons. The number of H-pyrrole nitrogens is 1. The first-order valence-electron chi connectivity index (χ1n) is 19.9. The van der Waals surface area contributed by atoms with Gasteiger partial charge in [0.15, 0.2) is 0 Å². The van der Waals surface area contributed by atoms with Gasteiger partial charge in [-0.1, -0.05) is 109 Å². The molecule has 4 nitrogen and oxygen atoms in total. The lowest BCUT2D eigenvalue weighted by Gasteiger charge is -2.26. The third-order valence-corrected chi connectivity index (χ3v) is 11.8. The van der Waals surface area contributed by atoms with Gasteiger partial charge in [0.25, 0.3) is 0 Å². The summed E-state index contributed by atoms with van der Waals surface area (Å²) in [6.45, 7) is 0. The van der Waals surface area contributed by atoms with Crippen LogP contribution in [0.25, 0.3) is 87.9 Å². The summed E-state index contributed by atoms with van der Waals surface area (Å²) in [5, 5.41) is 7.47. The van der Waals surface area contributed by atoms with E-state index < -0.39 is 0 Å². The predicted octanol–water partition coefficient (Wildman–Crippen LogP) is 14.7. The lowest BCUT2D eigenvalue weighted by Crippen LogP contribution is -2.10. The first-order valence-corrected chi connectivity index (χ1v) is 19.9. The van der Waals surface area contributed by atoms with Crippen LogP contribution in [-0.2, 0) is 0 Å². The van der Waals surface area contributed by atoms with E-state index in [1.165, 1.54) is 71.2 Å². The molecule has 0 spiro atoms. The van der Waals surface area contributed by atoms with Crippen LogP contribution in [-0.4, -0.2) is 14.1 Å². The van der Waals surface area contributed by atoms with Gasteiger partial charge in [-0.05, 0) is 114 Å². The summed E-state index contributed by atoms with van der Waals surface area (Å²) in [6, 6.07) is 76.8. The Morgan fingerprint density at radius 2 is 0.793 bits per heavy atom. The van der Waals surface area contributed by atoms with E-state index in [1.807, 2.05) is 0 Å². The molecule has 9 aromatic carbocycles. The highest BCUT2D eigenvalue weighted by Crippen LogP contribution is 2.40. The van der Waals surface area contributed by atoms with Crippen molar-refractivity contribution in [1.29, 1.82) is 0 Å². The number of rotatable bonds is 6. The van der Waals surface area contributed by atoms with Gasteiger partial charge in [0.2, 0.25) is 0 Å². The number of nitrogens with one attached hydrogen (secondary N) is 1. The van der Waals surface area contributed by atoms with Gasteiger partial charge in [-0.25, -0.2) is 0 Å². The van der Waals surface area contributed by atoms with E-state index in [2.05, 4.69) is 231 Å². The summed E-state index contributed by atoms with van der Waals surface area (Å²) < 4.78 is 4.77. The highest BCUT2D eigenvalue weighted by molar-refractivity contribution is 6.18. The molecular formula is C54H36N4. The number of anilines is 3. The topological polar surface area (TPSA) is 28.9 Å². The van der Waals surface area contributed by atoms with Gasteiger partial charge in [-0.15, -0.1) is 0 Å². The van der Waals surface area contributed by atoms with Crippen LogP contribution in [0.15, 0.2) is 212 Å². The Labute approximate surface area is 335 Å². The molecule has 0 aliphatic heterocycles. The molecule has 0 saturated heterocycles. The number of para-hydroxylation sites is 5. The minimum atomic E-state index is 1.10. The molecule has 3 heterocycles. The molecule has 272 valence electrons. The van der Waals surface area contributed by atoms with Crippen molar-refractivity contribution < 1.29 is 0 Å². The smallest absolute Gasteiger partial charge is 0.0548 e. The van der Waals surface area contributed by atoms with Gasteiger partial charge in [0, 0.05) is 71.8 Å². The lowest BCUT2D eigenvalue weighted by atomic mass is 10.0. The first kappa shape index (κ1) is 32.4. The van der Waals surface area contributed by atoms with Crippen molar-refractivity contribution in [3.63, 3.8) is 0 Å². The highest BCUT2D eigenvalue weighted by Gasteiger charge is 2.18. The van der Waals surface area contributed by atoms with E-state index in [0.29, 0.717) is 0 Å². The third kappa shape index (κ3) is 5.02. The summed E-state index contributed by atoms with van der Waals surface area (Å²) >= 11 is 0. The summed E-state index contributed by atoms with van der Waals surface area (Å²) in [5.41, 5.74) is 15.1. The van der Waals surface area contributed by atoms with Crippen molar-refractivity contribution in [3.8, 4) is 22.5 Å². The van der Waals surface area contributed by atoms with Gasteiger partial charge in [0.1, 0.15) is 0 Å². The maximum Gasteiger partial charge on any atom is 0.0548 e. The second kappa shape index (κ2) is 12.9. The average Bonchev–Trinajstić information content (AvgIpc) is 3.94. The maximum absolute atomic E-state index is 3.65. The molecule has 58 heavy (non-hydrogen) atoms. The molecule has 0 aliphatic carbocycles. The fraction of sp³-hybridized carbons (Fsp3) is 0. The zero-order chi connectivity index (χ0) is 38.2. The Morgan fingerprint density at radius 3 is 1.50 bits per heavy atom. The summed E-state index contributed by atoms with van der Waals surface area (Å²) in [7, 11) is 0. The minimum absolute atomic E-state index is 1.10. The molecule has 1 N–H and O–H groups in total. The fourth-order valence-electron chi connectivity index (χ4n) is 9.18. The normalized spacial score (nSPS) is 11.8. The first-order chi connectivity index (χ1) is 28.8. The Bertz CT molecular complexity index is 3480. The highest BCUT2D eigenvalue weighted by atomic mass is 15.1. The van der Waals surface area contributed by atoms with Gasteiger partial charge in [-0.2, -0.15) is 0 Å². The average molecular weight is 741 g/mol. The number of aromatic nitrogens is 3. The molecule has 12 rings (SSSR count). The van der Waals surface area contributed by atoms with Crippen LogP contribution in [0, 0.1) is 0 Å². The Balaban J connectivity index is 0.939. The van der Waals surface area contributed by atoms with E-state index in [0.717, 1.165) is 33.8 Å². The quantitative estimate of drug-likeness (QED) is 0.181. The van der Waals surface area contributed by atoms with Gasteiger partial charge >= 0.3 is 0 Å². The van der Waals surface area contributed by atoms with Crippen molar-refractivity contribution in [2.75, 3.05) is 4.90 Å². The largest absolute Gasteiger partial charge is 0.354 e. The minimum Gasteiger partial charge on any atom is -0.354 e. The molecule has 0 aliphatic rings. The summed E-state index contributed by atoms with van der Waals surface area (Å²) in [4.78, 5) is 5.99. The van der Waals surface area contributed by atoms with Crippen molar-refractivity contribution in [3.05, 3.63) is 212 Å². The molecule has 0 bridgehead atoms. The Morgan fingerprint density at radius 1 is 0.293 bits per heavy atom. The summed E-state index contributed by atoms with van der Waals surface area (Å²) in [6.07, 6.45) is 0. The van der Waals surface area contributed by atoms with Crippen molar-refractivity contribution in [1.82, 2.24) is 14.1 Å². The molecule has 0 atom stereocenters. The zero-order valence-electron chi connectivity index (χ0n) is 31.5. The van der Waals surface area contributed by atoms with Crippen LogP contribution in [0.1, 0.15) is 0 Å². The Hall–Kier alpha value is -7.82. The van der Waals surface area contributed by atoms with Crippen LogP contribution in [0.3, 0.4) is 0 Å². The molecule has 12 aromatic rings. The van der Waals surface area contributed by atoms with Crippen LogP contribution in [0.4, 0.5) is 17.1 Å². The lowest BCUT2D eigenvalue weighted by molar-refractivity contribution is 1.17. The van der Waals surface area contributed by atoms with Gasteiger partial charge in [0.05, 0.1) is 22.1 Å². The van der Waals surface area contributed by atoms with E-state index in [-0.39, 0.29) is 0 Å². The van der Waals surface area contributed by atoms with Crippen molar-refractivity contribution >= 4 is 82.5 Å². The second-order valence-corrected chi connectivity index (χ2v) is 15.1. The number of benzene rings is 9. The van der Waals surface area contributed by atoms with Gasteiger partial charge < -0.3 is 19.0 Å². The number of nitrogens with zero attached hydrogens (tertiary/aromatic N) is 3. The van der Waals surface area contributed by atoms with E-state index in [9.17, 15) is 0 Å². The molecule has 0 unspecified atom stereocenters. The van der Waals surface area contributed by atoms with E-state index in [1.54, 1.807) is 0 Å². The van der Waals surface area contributed by atoms with Crippen LogP contribution < -0.4 is 4.90 Å². The monoisotopic (exact) mass is 740 g/mol.